The number of carbonyl (C=O) groups is 1. The number of nitrogens with one attached hydrogen (secondary N) is 1. The normalized spacial score (nSPS) is 10.7. The highest BCUT2D eigenvalue weighted by Gasteiger charge is 2.11. The van der Waals surface area contributed by atoms with Crippen LogP contribution in [0.1, 0.15) is 36.8 Å². The number of rotatable bonds is 4. The van der Waals surface area contributed by atoms with Crippen LogP contribution in [0.3, 0.4) is 0 Å². The van der Waals surface area contributed by atoms with E-state index >= 15 is 0 Å². The Balaban J connectivity index is 2.20. The van der Waals surface area contributed by atoms with Crippen molar-refractivity contribution in [2.45, 2.75) is 26.2 Å². The minimum atomic E-state index is -1.08. The van der Waals surface area contributed by atoms with Crippen LogP contribution >= 0.6 is 0 Å². The fourth-order valence-electron chi connectivity index (χ4n) is 1.78. The third kappa shape index (κ3) is 3.34. The first-order valence-corrected chi connectivity index (χ1v) is 6.09. The standard InChI is InChI=1S/C14H16N2O3/c1-9(2)13-8-11(19-16-13)7-10-5-3-4-6-12(10)15-14(17)18/h3-6,8-9,15H,7H2,1-2H3,(H,17,18). The molecule has 5 heteroatoms. The van der Waals surface area contributed by atoms with Crippen LogP contribution in [0.25, 0.3) is 0 Å². The van der Waals surface area contributed by atoms with Gasteiger partial charge in [0.25, 0.3) is 0 Å². The molecule has 0 aliphatic rings. The summed E-state index contributed by atoms with van der Waals surface area (Å²) in [6, 6.07) is 9.14. The summed E-state index contributed by atoms with van der Waals surface area (Å²) in [5, 5.41) is 15.2. The molecule has 0 radical (unpaired) electrons. The van der Waals surface area contributed by atoms with Crippen molar-refractivity contribution in [3.8, 4) is 0 Å². The summed E-state index contributed by atoms with van der Waals surface area (Å²) in [6.45, 7) is 4.09. The van der Waals surface area contributed by atoms with E-state index in [-0.39, 0.29) is 0 Å². The molecule has 2 aromatic rings. The summed E-state index contributed by atoms with van der Waals surface area (Å²) >= 11 is 0. The molecule has 1 amide bonds. The summed E-state index contributed by atoms with van der Waals surface area (Å²) in [5.74, 6) is 1.04. The molecule has 1 aromatic heterocycles. The SMILES string of the molecule is CC(C)c1cc(Cc2ccccc2NC(=O)O)on1. The van der Waals surface area contributed by atoms with Crippen molar-refractivity contribution in [2.24, 2.45) is 0 Å². The number of aromatic nitrogens is 1. The Bertz CT molecular complexity index is 576. The van der Waals surface area contributed by atoms with E-state index in [0.717, 1.165) is 17.0 Å². The molecule has 0 saturated heterocycles. The summed E-state index contributed by atoms with van der Waals surface area (Å²) in [7, 11) is 0. The maximum Gasteiger partial charge on any atom is 0.409 e. The molecule has 2 rings (SSSR count). The minimum Gasteiger partial charge on any atom is -0.465 e. The van der Waals surface area contributed by atoms with Crippen molar-refractivity contribution in [1.82, 2.24) is 5.16 Å². The minimum absolute atomic E-state index is 0.310. The third-order valence-corrected chi connectivity index (χ3v) is 2.79. The van der Waals surface area contributed by atoms with Crippen LogP contribution in [-0.2, 0) is 6.42 Å². The van der Waals surface area contributed by atoms with E-state index in [9.17, 15) is 4.79 Å². The molecule has 0 saturated carbocycles. The van der Waals surface area contributed by atoms with E-state index in [1.807, 2.05) is 32.0 Å². The molecule has 0 spiro atoms. The lowest BCUT2D eigenvalue weighted by Crippen LogP contribution is -2.09. The summed E-state index contributed by atoms with van der Waals surface area (Å²) in [5.41, 5.74) is 2.33. The van der Waals surface area contributed by atoms with Gasteiger partial charge in [-0.1, -0.05) is 37.2 Å². The summed E-state index contributed by atoms with van der Waals surface area (Å²) < 4.78 is 5.26. The van der Waals surface area contributed by atoms with Crippen molar-refractivity contribution in [2.75, 3.05) is 5.32 Å². The molecule has 0 aliphatic carbocycles. The van der Waals surface area contributed by atoms with E-state index in [2.05, 4.69) is 10.5 Å². The molecule has 5 nitrogen and oxygen atoms in total. The lowest BCUT2D eigenvalue weighted by Gasteiger charge is -2.06. The van der Waals surface area contributed by atoms with Crippen LogP contribution in [0.4, 0.5) is 10.5 Å². The van der Waals surface area contributed by atoms with Gasteiger partial charge < -0.3 is 9.63 Å². The fourth-order valence-corrected chi connectivity index (χ4v) is 1.78. The number of amides is 1. The zero-order chi connectivity index (χ0) is 13.8. The predicted octanol–water partition coefficient (Wildman–Crippen LogP) is 3.48. The Morgan fingerprint density at radius 3 is 2.79 bits per heavy atom. The van der Waals surface area contributed by atoms with Crippen LogP contribution in [-0.4, -0.2) is 16.4 Å². The molecule has 19 heavy (non-hydrogen) atoms. The van der Waals surface area contributed by atoms with Gasteiger partial charge >= 0.3 is 6.09 Å². The maximum atomic E-state index is 10.7. The van der Waals surface area contributed by atoms with E-state index in [1.54, 1.807) is 12.1 Å². The molecular weight excluding hydrogens is 244 g/mol. The Labute approximate surface area is 111 Å². The van der Waals surface area contributed by atoms with Gasteiger partial charge in [0.15, 0.2) is 0 Å². The lowest BCUT2D eigenvalue weighted by atomic mass is 10.1. The van der Waals surface area contributed by atoms with Crippen molar-refractivity contribution >= 4 is 11.8 Å². The first kappa shape index (κ1) is 13.1. The lowest BCUT2D eigenvalue weighted by molar-refractivity contribution is 0.209. The Hall–Kier alpha value is -2.30. The van der Waals surface area contributed by atoms with Gasteiger partial charge in [-0.2, -0.15) is 0 Å². The number of hydrogen-bond acceptors (Lipinski definition) is 3. The van der Waals surface area contributed by atoms with Gasteiger partial charge in [-0.25, -0.2) is 4.79 Å². The molecule has 0 fully saturated rings. The summed E-state index contributed by atoms with van der Waals surface area (Å²) in [4.78, 5) is 10.7. The van der Waals surface area contributed by atoms with Gasteiger partial charge in [0.1, 0.15) is 5.76 Å². The van der Waals surface area contributed by atoms with E-state index < -0.39 is 6.09 Å². The number of benzene rings is 1. The molecular formula is C14H16N2O3. The highest BCUT2D eigenvalue weighted by Crippen LogP contribution is 2.21. The van der Waals surface area contributed by atoms with E-state index in [1.165, 1.54) is 0 Å². The topological polar surface area (TPSA) is 75.4 Å². The van der Waals surface area contributed by atoms with Gasteiger partial charge in [-0.05, 0) is 17.5 Å². The highest BCUT2D eigenvalue weighted by atomic mass is 16.5. The average molecular weight is 260 g/mol. The average Bonchev–Trinajstić information content (AvgIpc) is 2.80. The molecule has 2 N–H and O–H groups in total. The second-order valence-corrected chi connectivity index (χ2v) is 4.64. The molecule has 1 aromatic carbocycles. The van der Waals surface area contributed by atoms with Gasteiger partial charge in [0, 0.05) is 18.2 Å². The number of para-hydroxylation sites is 1. The van der Waals surface area contributed by atoms with Crippen LogP contribution < -0.4 is 5.32 Å². The molecule has 1 heterocycles. The second-order valence-electron chi connectivity index (χ2n) is 4.64. The number of anilines is 1. The fraction of sp³-hybridized carbons (Fsp3) is 0.286. The zero-order valence-electron chi connectivity index (χ0n) is 10.9. The number of carboxylic acid groups (broad SMARTS) is 1. The smallest absolute Gasteiger partial charge is 0.409 e. The highest BCUT2D eigenvalue weighted by molar-refractivity contribution is 5.84. The van der Waals surface area contributed by atoms with Crippen molar-refractivity contribution in [3.05, 3.63) is 47.3 Å². The molecule has 0 atom stereocenters. The Morgan fingerprint density at radius 1 is 1.42 bits per heavy atom. The third-order valence-electron chi connectivity index (χ3n) is 2.79. The van der Waals surface area contributed by atoms with Gasteiger partial charge in [-0.3, -0.25) is 5.32 Å². The van der Waals surface area contributed by atoms with Crippen molar-refractivity contribution < 1.29 is 14.4 Å². The predicted molar refractivity (Wildman–Crippen MR) is 71.5 cm³/mol. The quantitative estimate of drug-likeness (QED) is 0.882. The van der Waals surface area contributed by atoms with Crippen molar-refractivity contribution in [3.63, 3.8) is 0 Å². The Morgan fingerprint density at radius 2 is 2.16 bits per heavy atom. The molecule has 100 valence electrons. The largest absolute Gasteiger partial charge is 0.465 e. The molecule has 0 bridgehead atoms. The van der Waals surface area contributed by atoms with Gasteiger partial charge in [-0.15, -0.1) is 0 Å². The van der Waals surface area contributed by atoms with Crippen LogP contribution in [0.2, 0.25) is 0 Å². The number of hydrogen-bond donors (Lipinski definition) is 2. The second kappa shape index (κ2) is 5.56. The maximum absolute atomic E-state index is 10.7. The van der Waals surface area contributed by atoms with Crippen LogP contribution in [0.5, 0.6) is 0 Å². The van der Waals surface area contributed by atoms with Gasteiger partial charge in [0.05, 0.1) is 5.69 Å². The number of nitrogens with zero attached hydrogens (tertiary/aromatic N) is 1. The molecule has 0 unspecified atom stereocenters. The van der Waals surface area contributed by atoms with Crippen LogP contribution in [0.15, 0.2) is 34.9 Å². The monoisotopic (exact) mass is 260 g/mol. The Kier molecular flexibility index (Phi) is 3.85. The van der Waals surface area contributed by atoms with Gasteiger partial charge in [0.2, 0.25) is 0 Å². The summed E-state index contributed by atoms with van der Waals surface area (Å²) in [6.07, 6.45) is -0.566. The van der Waals surface area contributed by atoms with E-state index in [0.29, 0.717) is 18.0 Å². The first-order valence-electron chi connectivity index (χ1n) is 6.09. The molecule has 0 aliphatic heterocycles. The van der Waals surface area contributed by atoms with E-state index in [4.69, 9.17) is 9.63 Å². The first-order chi connectivity index (χ1) is 9.06. The van der Waals surface area contributed by atoms with Crippen LogP contribution in [0, 0.1) is 0 Å². The van der Waals surface area contributed by atoms with Crippen molar-refractivity contribution in [1.29, 1.82) is 0 Å². The zero-order valence-corrected chi connectivity index (χ0v) is 10.9.